The number of hydrogen-bond acceptors (Lipinski definition) is 0. The number of halogens is 1. The largest absolute Gasteiger partial charge is 0.0917 e. The molecule has 0 nitrogen and oxygen atoms in total. The Labute approximate surface area is 127 Å². The van der Waals surface area contributed by atoms with Crippen molar-refractivity contribution in [2.24, 2.45) is 17.8 Å². The Morgan fingerprint density at radius 2 is 1.44 bits per heavy atom. The van der Waals surface area contributed by atoms with Crippen molar-refractivity contribution in [3.63, 3.8) is 0 Å². The minimum atomic E-state index is 0.982. The molecule has 0 aromatic heterocycles. The second-order valence-corrected chi connectivity index (χ2v) is 8.20. The standard InChI is InChI=1S/C17H29I/c1-2-3-4-5-14-6-8-15(9-7-14)16-10-12-17(18)13-11-16/h2-3,14-17H,4-13H2,1H3/b3-2+. The predicted octanol–water partition coefficient (Wildman–Crippen LogP) is 6.14. The van der Waals surface area contributed by atoms with Crippen molar-refractivity contribution in [1.82, 2.24) is 0 Å². The molecule has 2 rings (SSSR count). The minimum absolute atomic E-state index is 0.982. The second-order valence-electron chi connectivity index (χ2n) is 6.44. The molecule has 104 valence electrons. The maximum atomic E-state index is 2.65. The molecule has 2 fully saturated rings. The lowest BCUT2D eigenvalue weighted by atomic mass is 9.70. The molecule has 1 heteroatoms. The highest BCUT2D eigenvalue weighted by atomic mass is 127. The van der Waals surface area contributed by atoms with Gasteiger partial charge in [0.2, 0.25) is 0 Å². The van der Waals surface area contributed by atoms with Crippen LogP contribution in [0.15, 0.2) is 12.2 Å². The summed E-state index contributed by atoms with van der Waals surface area (Å²) in [4.78, 5) is 0. The summed E-state index contributed by atoms with van der Waals surface area (Å²) >= 11 is 2.65. The normalized spacial score (nSPS) is 38.1. The minimum Gasteiger partial charge on any atom is -0.0917 e. The molecule has 18 heavy (non-hydrogen) atoms. The van der Waals surface area contributed by atoms with Gasteiger partial charge in [-0.15, -0.1) is 0 Å². The van der Waals surface area contributed by atoms with Gasteiger partial charge in [-0.25, -0.2) is 0 Å². The molecular weight excluding hydrogens is 331 g/mol. The maximum absolute atomic E-state index is 2.65. The van der Waals surface area contributed by atoms with E-state index in [1.165, 1.54) is 64.2 Å². The highest BCUT2D eigenvalue weighted by Crippen LogP contribution is 2.42. The van der Waals surface area contributed by atoms with Gasteiger partial charge in [0.25, 0.3) is 0 Å². The van der Waals surface area contributed by atoms with Gasteiger partial charge in [-0.05, 0) is 76.0 Å². The van der Waals surface area contributed by atoms with Crippen molar-refractivity contribution in [1.29, 1.82) is 0 Å². The fourth-order valence-electron chi connectivity index (χ4n) is 4.00. The van der Waals surface area contributed by atoms with Crippen LogP contribution in [0.2, 0.25) is 0 Å². The van der Waals surface area contributed by atoms with Gasteiger partial charge in [-0.3, -0.25) is 0 Å². The Kier molecular flexibility index (Phi) is 6.54. The van der Waals surface area contributed by atoms with E-state index in [1.54, 1.807) is 0 Å². The van der Waals surface area contributed by atoms with Crippen LogP contribution in [-0.4, -0.2) is 3.92 Å². The van der Waals surface area contributed by atoms with E-state index in [1.807, 2.05) is 0 Å². The Morgan fingerprint density at radius 1 is 0.889 bits per heavy atom. The molecule has 0 saturated heterocycles. The highest BCUT2D eigenvalue weighted by Gasteiger charge is 2.29. The number of rotatable bonds is 4. The lowest BCUT2D eigenvalue weighted by Gasteiger charge is -2.37. The first-order chi connectivity index (χ1) is 8.79. The third kappa shape index (κ3) is 4.54. The lowest BCUT2D eigenvalue weighted by Crippen LogP contribution is -2.25. The average Bonchev–Trinajstić information content (AvgIpc) is 2.41. The molecular formula is C17H29I. The Balaban J connectivity index is 1.66. The number of allylic oxidation sites excluding steroid dienone is 2. The van der Waals surface area contributed by atoms with Gasteiger partial charge in [0.05, 0.1) is 0 Å². The molecule has 0 aromatic rings. The molecule has 2 saturated carbocycles. The molecule has 0 N–H and O–H groups in total. The third-order valence-corrected chi connectivity index (χ3v) is 6.48. The molecule has 0 heterocycles. The molecule has 0 amide bonds. The maximum Gasteiger partial charge on any atom is 0.0110 e. The van der Waals surface area contributed by atoms with E-state index in [-0.39, 0.29) is 0 Å². The first-order valence-corrected chi connectivity index (χ1v) is 9.29. The quantitative estimate of drug-likeness (QED) is 0.321. The molecule has 0 bridgehead atoms. The van der Waals surface area contributed by atoms with E-state index < -0.39 is 0 Å². The first kappa shape index (κ1) is 14.9. The SMILES string of the molecule is C/C=C/CCC1CCC(C2CCC(I)CC2)CC1. The summed E-state index contributed by atoms with van der Waals surface area (Å²) in [6.07, 6.45) is 19.5. The van der Waals surface area contributed by atoms with Gasteiger partial charge in [0.15, 0.2) is 0 Å². The smallest absolute Gasteiger partial charge is 0.0110 e. The van der Waals surface area contributed by atoms with Crippen LogP contribution in [0.25, 0.3) is 0 Å². The zero-order valence-corrected chi connectivity index (χ0v) is 14.1. The van der Waals surface area contributed by atoms with Gasteiger partial charge < -0.3 is 0 Å². The third-order valence-electron chi connectivity index (χ3n) is 5.24. The Morgan fingerprint density at radius 3 is 2.00 bits per heavy atom. The summed E-state index contributed by atoms with van der Waals surface area (Å²) in [5.74, 6) is 3.22. The van der Waals surface area contributed by atoms with E-state index in [9.17, 15) is 0 Å². The van der Waals surface area contributed by atoms with E-state index in [4.69, 9.17) is 0 Å². The molecule has 0 aliphatic heterocycles. The zero-order chi connectivity index (χ0) is 12.8. The van der Waals surface area contributed by atoms with E-state index in [0.29, 0.717) is 0 Å². The summed E-state index contributed by atoms with van der Waals surface area (Å²) in [5, 5.41) is 0. The molecule has 0 spiro atoms. The van der Waals surface area contributed by atoms with Crippen molar-refractivity contribution < 1.29 is 0 Å². The van der Waals surface area contributed by atoms with Crippen molar-refractivity contribution in [2.75, 3.05) is 0 Å². The summed E-state index contributed by atoms with van der Waals surface area (Å²) in [7, 11) is 0. The van der Waals surface area contributed by atoms with Gasteiger partial charge >= 0.3 is 0 Å². The van der Waals surface area contributed by atoms with Crippen LogP contribution in [0.1, 0.15) is 71.1 Å². The van der Waals surface area contributed by atoms with Crippen LogP contribution in [0.5, 0.6) is 0 Å². The summed E-state index contributed by atoms with van der Waals surface area (Å²) in [6, 6.07) is 0. The van der Waals surface area contributed by atoms with Gasteiger partial charge in [-0.1, -0.05) is 47.6 Å². The summed E-state index contributed by atoms with van der Waals surface area (Å²) < 4.78 is 0.982. The van der Waals surface area contributed by atoms with Crippen molar-refractivity contribution >= 4 is 22.6 Å². The molecule has 0 radical (unpaired) electrons. The topological polar surface area (TPSA) is 0 Å². The van der Waals surface area contributed by atoms with Crippen molar-refractivity contribution in [3.05, 3.63) is 12.2 Å². The molecule has 2 aliphatic carbocycles. The molecule has 0 unspecified atom stereocenters. The Bertz CT molecular complexity index is 242. The van der Waals surface area contributed by atoms with Crippen LogP contribution in [0.3, 0.4) is 0 Å². The van der Waals surface area contributed by atoms with Crippen LogP contribution in [0, 0.1) is 17.8 Å². The fourth-order valence-corrected chi connectivity index (χ4v) is 4.72. The van der Waals surface area contributed by atoms with Crippen molar-refractivity contribution in [3.8, 4) is 0 Å². The lowest BCUT2D eigenvalue weighted by molar-refractivity contribution is 0.167. The van der Waals surface area contributed by atoms with Gasteiger partial charge in [0, 0.05) is 3.92 Å². The van der Waals surface area contributed by atoms with Crippen LogP contribution >= 0.6 is 22.6 Å². The average molecular weight is 360 g/mol. The Hall–Kier alpha value is 0.470. The van der Waals surface area contributed by atoms with E-state index in [2.05, 4.69) is 41.7 Å². The van der Waals surface area contributed by atoms with E-state index >= 15 is 0 Å². The molecule has 0 aromatic carbocycles. The van der Waals surface area contributed by atoms with Crippen LogP contribution in [-0.2, 0) is 0 Å². The summed E-state index contributed by atoms with van der Waals surface area (Å²) in [5.41, 5.74) is 0. The van der Waals surface area contributed by atoms with Crippen molar-refractivity contribution in [2.45, 2.75) is 75.1 Å². The molecule has 0 atom stereocenters. The van der Waals surface area contributed by atoms with Crippen LogP contribution in [0.4, 0.5) is 0 Å². The zero-order valence-electron chi connectivity index (χ0n) is 11.9. The number of hydrogen-bond donors (Lipinski definition) is 0. The van der Waals surface area contributed by atoms with Gasteiger partial charge in [-0.2, -0.15) is 0 Å². The van der Waals surface area contributed by atoms with E-state index in [0.717, 1.165) is 21.7 Å². The second kappa shape index (κ2) is 7.91. The van der Waals surface area contributed by atoms with Crippen LogP contribution < -0.4 is 0 Å². The fraction of sp³-hybridized carbons (Fsp3) is 0.882. The monoisotopic (exact) mass is 360 g/mol. The first-order valence-electron chi connectivity index (χ1n) is 8.04. The van der Waals surface area contributed by atoms with Gasteiger partial charge in [0.1, 0.15) is 0 Å². The predicted molar refractivity (Wildman–Crippen MR) is 89.3 cm³/mol. The highest BCUT2D eigenvalue weighted by molar-refractivity contribution is 14.1. The molecule has 2 aliphatic rings. The summed E-state index contributed by atoms with van der Waals surface area (Å²) in [6.45, 7) is 2.14. The number of alkyl halides is 1.